The average Bonchev–Trinajstić information content (AvgIpc) is 2.97. The molecular formula is C24H32N2O3S. The topological polar surface area (TPSA) is 49.9 Å². The Bertz CT molecular complexity index is 744. The van der Waals surface area contributed by atoms with Crippen LogP contribution in [0.1, 0.15) is 37.3 Å². The van der Waals surface area contributed by atoms with E-state index in [-0.39, 0.29) is 31.4 Å². The van der Waals surface area contributed by atoms with Crippen molar-refractivity contribution in [2.75, 3.05) is 19.7 Å². The highest BCUT2D eigenvalue weighted by atomic mass is 32.1. The first-order valence-electron chi connectivity index (χ1n) is 10.4. The van der Waals surface area contributed by atoms with Gasteiger partial charge in [-0.1, -0.05) is 60.7 Å². The zero-order valence-electron chi connectivity index (χ0n) is 17.6. The van der Waals surface area contributed by atoms with Crippen LogP contribution in [0.4, 0.5) is 4.79 Å². The van der Waals surface area contributed by atoms with E-state index in [9.17, 15) is 9.59 Å². The molecule has 2 aromatic rings. The molecule has 0 aromatic heterocycles. The van der Waals surface area contributed by atoms with Crippen molar-refractivity contribution >= 4 is 25.4 Å². The maximum atomic E-state index is 12.5. The summed E-state index contributed by atoms with van der Waals surface area (Å²) in [6.07, 6.45) is 1.39. The molecule has 0 bridgehead atoms. The van der Waals surface area contributed by atoms with Crippen LogP contribution >= 0.6 is 13.5 Å². The number of nitrogens with zero attached hydrogens (tertiary/aromatic N) is 2. The van der Waals surface area contributed by atoms with Gasteiger partial charge in [-0.25, -0.2) is 4.79 Å². The highest BCUT2D eigenvalue weighted by molar-refractivity contribution is 7.59. The van der Waals surface area contributed by atoms with Crippen LogP contribution in [0.3, 0.4) is 0 Å². The summed E-state index contributed by atoms with van der Waals surface area (Å²) in [5.41, 5.74) is 2.46. The first kappa shape index (κ1) is 24.0. The van der Waals surface area contributed by atoms with E-state index in [1.54, 1.807) is 4.90 Å². The summed E-state index contributed by atoms with van der Waals surface area (Å²) in [6, 6.07) is 20.7. The molecule has 30 heavy (non-hydrogen) atoms. The lowest BCUT2D eigenvalue weighted by atomic mass is 10.1. The van der Waals surface area contributed by atoms with Crippen LogP contribution in [0, 0.1) is 0 Å². The zero-order valence-corrected chi connectivity index (χ0v) is 18.6. The Hall–Kier alpha value is -2.31. The summed E-state index contributed by atoms with van der Waals surface area (Å²) in [7, 11) is 0. The highest BCUT2D eigenvalue weighted by Gasteiger charge is 2.22. The van der Waals surface area contributed by atoms with Gasteiger partial charge in [-0.05, 0) is 24.5 Å². The van der Waals surface area contributed by atoms with Crippen molar-refractivity contribution < 1.29 is 14.3 Å². The molecule has 1 fully saturated rings. The largest absolute Gasteiger partial charge is 0.448 e. The van der Waals surface area contributed by atoms with Crippen molar-refractivity contribution in [2.45, 2.75) is 45.3 Å². The fourth-order valence-electron chi connectivity index (χ4n) is 3.54. The number of carbonyl (C=O) groups excluding carboxylic acids is 2. The molecule has 0 spiro atoms. The second kappa shape index (κ2) is 12.4. The lowest BCUT2D eigenvalue weighted by molar-refractivity contribution is -0.118. The molecule has 1 aliphatic rings. The van der Waals surface area contributed by atoms with Crippen LogP contribution in [-0.2, 0) is 22.6 Å². The summed E-state index contributed by atoms with van der Waals surface area (Å²) >= 11 is 0. The maximum Gasteiger partial charge on any atom is 0.409 e. The van der Waals surface area contributed by atoms with Crippen molar-refractivity contribution in [3.63, 3.8) is 0 Å². The number of amides is 1. The number of hydrogen-bond acceptors (Lipinski definition) is 4. The lowest BCUT2D eigenvalue weighted by Gasteiger charge is -2.30. The van der Waals surface area contributed by atoms with Crippen LogP contribution in [-0.4, -0.2) is 47.4 Å². The Kier molecular flexibility index (Phi) is 9.91. The van der Waals surface area contributed by atoms with Crippen LogP contribution in [0.5, 0.6) is 0 Å². The van der Waals surface area contributed by atoms with Crippen molar-refractivity contribution in [2.24, 2.45) is 0 Å². The molecule has 5 nitrogen and oxygen atoms in total. The van der Waals surface area contributed by atoms with Gasteiger partial charge in [-0.3, -0.25) is 9.69 Å². The SMILES string of the molecule is C[C@@H](COC(=O)N1CCCC(=O)CC1)N(Cc1ccccc1)Cc1ccccc1.S. The molecule has 0 radical (unpaired) electrons. The van der Waals surface area contributed by atoms with E-state index in [1.807, 2.05) is 36.4 Å². The minimum atomic E-state index is -0.314. The second-order valence-electron chi connectivity index (χ2n) is 7.68. The van der Waals surface area contributed by atoms with Crippen LogP contribution in [0.15, 0.2) is 60.7 Å². The fraction of sp³-hybridized carbons (Fsp3) is 0.417. The third-order valence-corrected chi connectivity index (χ3v) is 5.33. The minimum absolute atomic E-state index is 0. The van der Waals surface area contributed by atoms with E-state index in [4.69, 9.17) is 4.74 Å². The van der Waals surface area contributed by atoms with E-state index in [0.29, 0.717) is 32.5 Å². The van der Waals surface area contributed by atoms with E-state index in [1.165, 1.54) is 11.1 Å². The van der Waals surface area contributed by atoms with Gasteiger partial charge in [0.2, 0.25) is 0 Å². The predicted molar refractivity (Wildman–Crippen MR) is 124 cm³/mol. The maximum absolute atomic E-state index is 12.5. The monoisotopic (exact) mass is 428 g/mol. The number of rotatable bonds is 7. The van der Waals surface area contributed by atoms with Gasteiger partial charge in [0.25, 0.3) is 0 Å². The minimum Gasteiger partial charge on any atom is -0.448 e. The Balaban J connectivity index is 0.00000320. The second-order valence-corrected chi connectivity index (χ2v) is 7.68. The molecule has 1 aliphatic heterocycles. The Labute approximate surface area is 186 Å². The molecule has 1 atom stereocenters. The number of benzene rings is 2. The van der Waals surface area contributed by atoms with Crippen molar-refractivity contribution in [1.82, 2.24) is 9.80 Å². The number of likely N-dealkylation sites (tertiary alicyclic amines) is 1. The van der Waals surface area contributed by atoms with E-state index >= 15 is 0 Å². The van der Waals surface area contributed by atoms with E-state index < -0.39 is 0 Å². The lowest BCUT2D eigenvalue weighted by Crippen LogP contribution is -2.39. The van der Waals surface area contributed by atoms with Gasteiger partial charge in [-0.2, -0.15) is 13.5 Å². The number of carbonyl (C=O) groups is 2. The van der Waals surface area contributed by atoms with E-state index in [0.717, 1.165) is 19.5 Å². The molecule has 0 aliphatic carbocycles. The molecule has 162 valence electrons. The number of ketones is 1. The standard InChI is InChI=1S/C24H30N2O3.H2S/c1-20(19-29-24(28)25-15-8-13-23(27)14-16-25)26(17-21-9-4-2-5-10-21)18-22-11-6-3-7-12-22;/h2-7,9-12,20H,8,13-19H2,1H3;1H2/t20-;/m0./s1. The quantitative estimate of drug-likeness (QED) is 0.657. The molecule has 0 N–H and O–H groups in total. The summed E-state index contributed by atoms with van der Waals surface area (Å²) in [5, 5.41) is 0. The summed E-state index contributed by atoms with van der Waals surface area (Å²) in [5.74, 6) is 0.227. The Morgan fingerprint density at radius 1 is 0.967 bits per heavy atom. The fourth-order valence-corrected chi connectivity index (χ4v) is 3.54. The average molecular weight is 429 g/mol. The molecule has 0 unspecified atom stereocenters. The molecular weight excluding hydrogens is 396 g/mol. The highest BCUT2D eigenvalue weighted by Crippen LogP contribution is 2.15. The third-order valence-electron chi connectivity index (χ3n) is 5.33. The van der Waals surface area contributed by atoms with Crippen molar-refractivity contribution in [1.29, 1.82) is 0 Å². The summed E-state index contributed by atoms with van der Waals surface area (Å²) < 4.78 is 5.62. The van der Waals surface area contributed by atoms with Gasteiger partial charge < -0.3 is 9.64 Å². The van der Waals surface area contributed by atoms with E-state index in [2.05, 4.69) is 36.1 Å². The molecule has 1 heterocycles. The number of hydrogen-bond donors (Lipinski definition) is 0. The van der Waals surface area contributed by atoms with Gasteiger partial charge in [0.1, 0.15) is 12.4 Å². The molecule has 0 saturated carbocycles. The number of Topliss-reactive ketones (excluding diaryl/α,β-unsaturated/α-hetero) is 1. The molecule has 1 amide bonds. The zero-order chi connectivity index (χ0) is 20.5. The Morgan fingerprint density at radius 3 is 2.10 bits per heavy atom. The number of ether oxygens (including phenoxy) is 1. The van der Waals surface area contributed by atoms with Crippen molar-refractivity contribution in [3.05, 3.63) is 71.8 Å². The van der Waals surface area contributed by atoms with Gasteiger partial charge in [0.15, 0.2) is 0 Å². The Morgan fingerprint density at radius 2 is 1.53 bits per heavy atom. The van der Waals surface area contributed by atoms with Crippen LogP contribution in [0.25, 0.3) is 0 Å². The molecule has 3 rings (SSSR count). The van der Waals surface area contributed by atoms with Gasteiger partial charge in [0, 0.05) is 45.1 Å². The van der Waals surface area contributed by atoms with Crippen LogP contribution in [0.2, 0.25) is 0 Å². The molecule has 2 aromatic carbocycles. The van der Waals surface area contributed by atoms with Gasteiger partial charge >= 0.3 is 6.09 Å². The van der Waals surface area contributed by atoms with Crippen molar-refractivity contribution in [3.8, 4) is 0 Å². The first-order chi connectivity index (χ1) is 14.1. The summed E-state index contributed by atoms with van der Waals surface area (Å²) in [4.78, 5) is 28.0. The van der Waals surface area contributed by atoms with Gasteiger partial charge in [-0.15, -0.1) is 0 Å². The normalized spacial score (nSPS) is 15.3. The third kappa shape index (κ3) is 7.50. The van der Waals surface area contributed by atoms with Gasteiger partial charge in [0.05, 0.1) is 0 Å². The molecule has 1 saturated heterocycles. The predicted octanol–water partition coefficient (Wildman–Crippen LogP) is 4.38. The molecule has 6 heteroatoms. The first-order valence-corrected chi connectivity index (χ1v) is 10.4. The smallest absolute Gasteiger partial charge is 0.409 e. The summed E-state index contributed by atoms with van der Waals surface area (Å²) in [6.45, 7) is 5.04. The van der Waals surface area contributed by atoms with Crippen LogP contribution < -0.4 is 0 Å².